The van der Waals surface area contributed by atoms with Gasteiger partial charge in [0.1, 0.15) is 10.7 Å². The van der Waals surface area contributed by atoms with Gasteiger partial charge >= 0.3 is 5.97 Å². The van der Waals surface area contributed by atoms with Crippen molar-refractivity contribution in [1.82, 2.24) is 14.5 Å². The molecule has 1 N–H and O–H groups in total. The average molecular weight is 343 g/mol. The summed E-state index contributed by atoms with van der Waals surface area (Å²) < 4.78 is 1.58. The molecule has 0 saturated carbocycles. The summed E-state index contributed by atoms with van der Waals surface area (Å²) in [6.45, 7) is 4.22. The van der Waals surface area contributed by atoms with Gasteiger partial charge in [0, 0.05) is 35.8 Å². The topological polar surface area (TPSA) is 85.1 Å². The minimum atomic E-state index is -0.870. The second-order valence-electron chi connectivity index (χ2n) is 5.59. The van der Waals surface area contributed by atoms with Crippen LogP contribution in [-0.4, -0.2) is 25.6 Å². The lowest BCUT2D eigenvalue weighted by Crippen LogP contribution is -2.24. The summed E-state index contributed by atoms with van der Waals surface area (Å²) in [4.78, 5) is 34.3. The lowest BCUT2D eigenvalue weighted by molar-refractivity contribution is -0.137. The Hall–Kier alpha value is -2.54. The normalized spacial score (nSPS) is 11.1. The third-order valence-corrected chi connectivity index (χ3v) is 5.10. The first kappa shape index (κ1) is 16.3. The van der Waals surface area contributed by atoms with Gasteiger partial charge < -0.3 is 5.11 Å². The van der Waals surface area contributed by atoms with Crippen LogP contribution < -0.4 is 5.56 Å². The van der Waals surface area contributed by atoms with E-state index in [2.05, 4.69) is 4.98 Å². The fourth-order valence-electron chi connectivity index (χ4n) is 2.64. The SMILES string of the molecule is Cc1sc2nc(-c3ccncc3)n(CCCC(=O)O)c(=O)c2c1C. The van der Waals surface area contributed by atoms with Crippen LogP contribution in [0.1, 0.15) is 23.3 Å². The van der Waals surface area contributed by atoms with Gasteiger partial charge in [0.2, 0.25) is 0 Å². The van der Waals surface area contributed by atoms with Crippen LogP contribution in [0, 0.1) is 13.8 Å². The van der Waals surface area contributed by atoms with Crippen molar-refractivity contribution < 1.29 is 9.90 Å². The number of hydrogen-bond donors (Lipinski definition) is 1. The Balaban J connectivity index is 2.20. The van der Waals surface area contributed by atoms with Crippen molar-refractivity contribution in [3.63, 3.8) is 0 Å². The molecule has 0 bridgehead atoms. The van der Waals surface area contributed by atoms with Crippen LogP contribution in [-0.2, 0) is 11.3 Å². The Kier molecular flexibility index (Phi) is 4.44. The first-order valence-corrected chi connectivity index (χ1v) is 8.43. The molecule has 7 heteroatoms. The number of thiophene rings is 1. The van der Waals surface area contributed by atoms with Gasteiger partial charge in [0.05, 0.1) is 5.39 Å². The van der Waals surface area contributed by atoms with Crippen molar-refractivity contribution in [1.29, 1.82) is 0 Å². The van der Waals surface area contributed by atoms with Gasteiger partial charge in [-0.05, 0) is 38.0 Å². The van der Waals surface area contributed by atoms with Crippen LogP contribution in [0.5, 0.6) is 0 Å². The van der Waals surface area contributed by atoms with E-state index in [4.69, 9.17) is 10.1 Å². The van der Waals surface area contributed by atoms with Crippen LogP contribution in [0.25, 0.3) is 21.6 Å². The Morgan fingerprint density at radius 2 is 2.00 bits per heavy atom. The quantitative estimate of drug-likeness (QED) is 0.770. The molecule has 3 aromatic heterocycles. The van der Waals surface area contributed by atoms with Crippen LogP contribution >= 0.6 is 11.3 Å². The number of aromatic nitrogens is 3. The molecular formula is C17H17N3O3S. The van der Waals surface area contributed by atoms with Crippen LogP contribution in [0.15, 0.2) is 29.3 Å². The standard InChI is InChI=1S/C17H17N3O3S/c1-10-11(2)24-16-14(10)17(23)20(9-3-4-13(21)22)15(19-16)12-5-7-18-8-6-12/h5-8H,3-4,9H2,1-2H3,(H,21,22). The number of nitrogens with zero attached hydrogens (tertiary/aromatic N) is 3. The maximum atomic E-state index is 13.0. The summed E-state index contributed by atoms with van der Waals surface area (Å²) in [7, 11) is 0. The molecule has 3 heterocycles. The number of carboxylic acid groups (broad SMARTS) is 1. The number of aryl methyl sites for hydroxylation is 2. The highest BCUT2D eigenvalue weighted by atomic mass is 32.1. The van der Waals surface area contributed by atoms with Crippen molar-refractivity contribution in [2.75, 3.05) is 0 Å². The molecule has 124 valence electrons. The predicted molar refractivity (Wildman–Crippen MR) is 93.5 cm³/mol. The maximum Gasteiger partial charge on any atom is 0.303 e. The average Bonchev–Trinajstić information content (AvgIpc) is 2.84. The highest BCUT2D eigenvalue weighted by molar-refractivity contribution is 7.18. The van der Waals surface area contributed by atoms with Gasteiger partial charge in [0.15, 0.2) is 0 Å². The summed E-state index contributed by atoms with van der Waals surface area (Å²) in [6.07, 6.45) is 3.70. The molecule has 0 aliphatic carbocycles. The van der Waals surface area contributed by atoms with Gasteiger partial charge in [-0.1, -0.05) is 0 Å². The van der Waals surface area contributed by atoms with Crippen molar-refractivity contribution >= 4 is 27.5 Å². The lowest BCUT2D eigenvalue weighted by atomic mass is 10.2. The molecule has 0 spiro atoms. The fourth-order valence-corrected chi connectivity index (χ4v) is 3.66. The second kappa shape index (κ2) is 6.52. The van der Waals surface area contributed by atoms with E-state index < -0.39 is 5.97 Å². The van der Waals surface area contributed by atoms with E-state index >= 15 is 0 Å². The minimum Gasteiger partial charge on any atom is -0.481 e. The molecule has 3 aromatic rings. The Morgan fingerprint density at radius 1 is 1.29 bits per heavy atom. The third-order valence-electron chi connectivity index (χ3n) is 4.00. The Labute approximate surface area is 142 Å². The Morgan fingerprint density at radius 3 is 2.67 bits per heavy atom. The fraction of sp³-hybridized carbons (Fsp3) is 0.294. The first-order valence-electron chi connectivity index (χ1n) is 7.61. The van der Waals surface area contributed by atoms with Gasteiger partial charge in [-0.15, -0.1) is 11.3 Å². The lowest BCUT2D eigenvalue weighted by Gasteiger charge is -2.12. The molecule has 6 nitrogen and oxygen atoms in total. The number of aliphatic carboxylic acids is 1. The molecular weight excluding hydrogens is 326 g/mol. The number of fused-ring (bicyclic) bond motifs is 1. The molecule has 3 rings (SSSR count). The summed E-state index contributed by atoms with van der Waals surface area (Å²) in [5.41, 5.74) is 1.63. The second-order valence-corrected chi connectivity index (χ2v) is 6.79. The maximum absolute atomic E-state index is 13.0. The van der Waals surface area contributed by atoms with Crippen LogP contribution in [0.3, 0.4) is 0 Å². The molecule has 0 amide bonds. The number of hydrogen-bond acceptors (Lipinski definition) is 5. The van der Waals surface area contributed by atoms with E-state index in [9.17, 15) is 9.59 Å². The molecule has 0 atom stereocenters. The van der Waals surface area contributed by atoms with Crippen molar-refractivity contribution in [2.24, 2.45) is 0 Å². The van der Waals surface area contributed by atoms with Crippen molar-refractivity contribution in [3.8, 4) is 11.4 Å². The van der Waals surface area contributed by atoms with E-state index in [0.29, 0.717) is 24.2 Å². The zero-order valence-corrected chi connectivity index (χ0v) is 14.3. The number of rotatable bonds is 5. The predicted octanol–water partition coefficient (Wildman–Crippen LogP) is 3.00. The van der Waals surface area contributed by atoms with E-state index in [1.54, 1.807) is 29.1 Å². The highest BCUT2D eigenvalue weighted by Gasteiger charge is 2.17. The molecule has 0 unspecified atom stereocenters. The number of carbonyl (C=O) groups is 1. The molecule has 0 radical (unpaired) electrons. The van der Waals surface area contributed by atoms with Gasteiger partial charge in [-0.3, -0.25) is 19.1 Å². The zero-order chi connectivity index (χ0) is 17.3. The zero-order valence-electron chi connectivity index (χ0n) is 13.4. The van der Waals surface area contributed by atoms with E-state index in [1.807, 2.05) is 13.8 Å². The Bertz CT molecular complexity index is 961. The summed E-state index contributed by atoms with van der Waals surface area (Å²) in [5, 5.41) is 9.49. The minimum absolute atomic E-state index is 0.0158. The largest absolute Gasteiger partial charge is 0.481 e. The van der Waals surface area contributed by atoms with Gasteiger partial charge in [-0.25, -0.2) is 4.98 Å². The smallest absolute Gasteiger partial charge is 0.303 e. The van der Waals surface area contributed by atoms with Crippen LogP contribution in [0.2, 0.25) is 0 Å². The molecule has 0 saturated heterocycles. The summed E-state index contributed by atoms with van der Waals surface area (Å²) in [5.74, 6) is -0.313. The van der Waals surface area contributed by atoms with Crippen LogP contribution in [0.4, 0.5) is 0 Å². The van der Waals surface area contributed by atoms with E-state index in [0.717, 1.165) is 20.8 Å². The monoisotopic (exact) mass is 343 g/mol. The van der Waals surface area contributed by atoms with Crippen molar-refractivity contribution in [3.05, 3.63) is 45.3 Å². The molecule has 0 aromatic carbocycles. The first-order chi connectivity index (χ1) is 11.5. The van der Waals surface area contributed by atoms with E-state index in [-0.39, 0.29) is 12.0 Å². The highest BCUT2D eigenvalue weighted by Crippen LogP contribution is 2.28. The third kappa shape index (κ3) is 2.94. The molecule has 0 aliphatic rings. The molecule has 0 aliphatic heterocycles. The summed E-state index contributed by atoms with van der Waals surface area (Å²) >= 11 is 1.51. The van der Waals surface area contributed by atoms with Crippen molar-refractivity contribution in [2.45, 2.75) is 33.2 Å². The van der Waals surface area contributed by atoms with Gasteiger partial charge in [0.25, 0.3) is 5.56 Å². The van der Waals surface area contributed by atoms with E-state index in [1.165, 1.54) is 11.3 Å². The molecule has 0 fully saturated rings. The number of carboxylic acids is 1. The number of pyridine rings is 1. The molecule has 24 heavy (non-hydrogen) atoms. The summed E-state index contributed by atoms with van der Waals surface area (Å²) in [6, 6.07) is 3.60. The van der Waals surface area contributed by atoms with Gasteiger partial charge in [-0.2, -0.15) is 0 Å².